The number of nitrogens with zero attached hydrogens (tertiary/aromatic N) is 3. The van der Waals surface area contributed by atoms with E-state index in [1.165, 1.54) is 28.0 Å². The molecule has 0 spiro atoms. The van der Waals surface area contributed by atoms with Gasteiger partial charge in [-0.15, -0.1) is 0 Å². The number of hydrogen-bond donors (Lipinski definition) is 0. The third-order valence-corrected chi connectivity index (χ3v) is 9.00. The maximum atomic E-state index is 14.2. The molecule has 2 aromatic heterocycles. The average Bonchev–Trinajstić information content (AvgIpc) is 3.49. The number of fused-ring (bicyclic) bond motifs is 2. The van der Waals surface area contributed by atoms with E-state index in [0.29, 0.717) is 26.5 Å². The topological polar surface area (TPSA) is 65.6 Å². The van der Waals surface area contributed by atoms with Crippen LogP contribution in [0.25, 0.3) is 17.0 Å². The minimum Gasteiger partial charge on any atom is -0.463 e. The molecule has 7 heteroatoms. The highest BCUT2D eigenvalue weighted by molar-refractivity contribution is 7.07. The fourth-order valence-corrected chi connectivity index (χ4v) is 6.76. The van der Waals surface area contributed by atoms with Crippen molar-refractivity contribution >= 4 is 34.3 Å². The van der Waals surface area contributed by atoms with Gasteiger partial charge in [0.2, 0.25) is 0 Å². The summed E-state index contributed by atoms with van der Waals surface area (Å²) in [5.41, 5.74) is 7.34. The molecule has 0 radical (unpaired) electrons. The number of aromatic nitrogens is 2. The SMILES string of the molecule is CCOC(=O)C1=C(C)N=c2sc(=Cc3cn(Cc4ccc(C)cc4)c4ccccc34)c(=O)n2C1c1ccc(C(C)C)cc1. The third-order valence-electron chi connectivity index (χ3n) is 8.02. The molecule has 1 aliphatic heterocycles. The van der Waals surface area contributed by atoms with Gasteiger partial charge in [0.1, 0.15) is 0 Å². The molecule has 0 N–H and O–H groups in total. The van der Waals surface area contributed by atoms with Crippen molar-refractivity contribution in [2.24, 2.45) is 4.99 Å². The molecule has 0 bridgehead atoms. The van der Waals surface area contributed by atoms with Crippen LogP contribution < -0.4 is 14.9 Å². The molecule has 6 rings (SSSR count). The molecular formula is C36H35N3O3S. The molecule has 218 valence electrons. The Morgan fingerprint density at radius 3 is 2.44 bits per heavy atom. The molecule has 1 unspecified atom stereocenters. The van der Waals surface area contributed by atoms with Crippen molar-refractivity contribution in [2.45, 2.75) is 53.1 Å². The molecule has 0 saturated carbocycles. The van der Waals surface area contributed by atoms with Crippen molar-refractivity contribution < 1.29 is 9.53 Å². The molecule has 0 fully saturated rings. The largest absolute Gasteiger partial charge is 0.463 e. The van der Waals surface area contributed by atoms with E-state index >= 15 is 0 Å². The van der Waals surface area contributed by atoms with Crippen LogP contribution >= 0.6 is 11.3 Å². The van der Waals surface area contributed by atoms with Crippen molar-refractivity contribution in [1.82, 2.24) is 9.13 Å². The minimum atomic E-state index is -0.624. The first-order valence-corrected chi connectivity index (χ1v) is 15.5. The van der Waals surface area contributed by atoms with Gasteiger partial charge in [0.15, 0.2) is 4.80 Å². The lowest BCUT2D eigenvalue weighted by Gasteiger charge is -2.25. The van der Waals surface area contributed by atoms with Gasteiger partial charge < -0.3 is 9.30 Å². The van der Waals surface area contributed by atoms with E-state index < -0.39 is 12.0 Å². The Balaban J connectivity index is 1.50. The number of allylic oxidation sites excluding steroid dienone is 1. The van der Waals surface area contributed by atoms with Crippen LogP contribution in [0.2, 0.25) is 0 Å². The molecule has 0 amide bonds. The van der Waals surface area contributed by atoms with Crippen molar-refractivity contribution in [3.05, 3.63) is 138 Å². The number of rotatable bonds is 7. The van der Waals surface area contributed by atoms with Gasteiger partial charge in [0.25, 0.3) is 5.56 Å². The van der Waals surface area contributed by atoms with E-state index in [9.17, 15) is 9.59 Å². The number of ether oxygens (including phenoxy) is 1. The van der Waals surface area contributed by atoms with E-state index in [2.05, 4.69) is 80.1 Å². The van der Waals surface area contributed by atoms with E-state index in [4.69, 9.17) is 9.73 Å². The van der Waals surface area contributed by atoms with Crippen LogP contribution in [0.1, 0.15) is 67.5 Å². The fourth-order valence-electron chi connectivity index (χ4n) is 5.72. The lowest BCUT2D eigenvalue weighted by atomic mass is 9.93. The number of para-hydroxylation sites is 1. The number of carbonyl (C=O) groups is 1. The quantitative estimate of drug-likeness (QED) is 0.211. The number of hydrogen-bond acceptors (Lipinski definition) is 5. The molecule has 3 aromatic carbocycles. The number of thiazole rings is 1. The third kappa shape index (κ3) is 5.41. The zero-order valence-electron chi connectivity index (χ0n) is 25.1. The Morgan fingerprint density at radius 1 is 1.02 bits per heavy atom. The van der Waals surface area contributed by atoms with E-state index in [1.807, 2.05) is 37.3 Å². The van der Waals surface area contributed by atoms with Crippen molar-refractivity contribution in [2.75, 3.05) is 6.61 Å². The van der Waals surface area contributed by atoms with Gasteiger partial charge in [-0.25, -0.2) is 9.79 Å². The van der Waals surface area contributed by atoms with E-state index in [1.54, 1.807) is 11.5 Å². The summed E-state index contributed by atoms with van der Waals surface area (Å²) in [4.78, 5) is 32.7. The molecule has 0 aliphatic carbocycles. The maximum absolute atomic E-state index is 14.2. The first-order valence-electron chi connectivity index (χ1n) is 14.7. The first-order chi connectivity index (χ1) is 20.7. The van der Waals surface area contributed by atoms with Crippen LogP contribution in [0.5, 0.6) is 0 Å². The number of benzene rings is 3. The van der Waals surface area contributed by atoms with Gasteiger partial charge in [-0.2, -0.15) is 0 Å². The van der Waals surface area contributed by atoms with Crippen molar-refractivity contribution in [1.29, 1.82) is 0 Å². The lowest BCUT2D eigenvalue weighted by molar-refractivity contribution is -0.139. The normalized spacial score (nSPS) is 15.2. The second kappa shape index (κ2) is 11.7. The summed E-state index contributed by atoms with van der Waals surface area (Å²) < 4.78 is 9.90. The van der Waals surface area contributed by atoms with Gasteiger partial charge in [-0.3, -0.25) is 9.36 Å². The summed E-state index contributed by atoms with van der Waals surface area (Å²) in [5, 5.41) is 1.07. The molecule has 3 heterocycles. The van der Waals surface area contributed by atoms with Crippen LogP contribution in [0.15, 0.2) is 100 Å². The Bertz CT molecular complexity index is 2040. The zero-order chi connectivity index (χ0) is 30.2. The minimum absolute atomic E-state index is 0.175. The predicted molar refractivity (Wildman–Crippen MR) is 173 cm³/mol. The fraction of sp³-hybridized carbons (Fsp3) is 0.250. The summed E-state index contributed by atoms with van der Waals surface area (Å²) in [5.74, 6) is -0.0823. The molecule has 6 nitrogen and oxygen atoms in total. The number of carbonyl (C=O) groups excluding carboxylic acids is 1. The lowest BCUT2D eigenvalue weighted by Crippen LogP contribution is -2.39. The standard InChI is InChI=1S/C36H35N3O3S/c1-6-42-35(41)32-24(5)37-36-39(33(32)27-17-15-26(16-18-27)22(2)3)34(40)31(43-36)19-28-21-38(30-10-8-7-9-29(28)30)20-25-13-11-23(4)12-14-25/h7-19,21-22,33H,6,20H2,1-5H3. The summed E-state index contributed by atoms with van der Waals surface area (Å²) in [7, 11) is 0. The highest BCUT2D eigenvalue weighted by Gasteiger charge is 2.33. The van der Waals surface area contributed by atoms with Crippen molar-refractivity contribution in [3.63, 3.8) is 0 Å². The van der Waals surface area contributed by atoms with E-state index in [-0.39, 0.29) is 12.2 Å². The predicted octanol–water partition coefficient (Wildman–Crippen LogP) is 6.23. The molecule has 0 saturated heterocycles. The highest BCUT2D eigenvalue weighted by atomic mass is 32.1. The van der Waals surface area contributed by atoms with Crippen molar-refractivity contribution in [3.8, 4) is 0 Å². The second-order valence-electron chi connectivity index (χ2n) is 11.3. The van der Waals surface area contributed by atoms with Gasteiger partial charge in [-0.1, -0.05) is 97.5 Å². The molecular weight excluding hydrogens is 554 g/mol. The van der Waals surface area contributed by atoms with E-state index in [0.717, 1.165) is 28.6 Å². The van der Waals surface area contributed by atoms with Crippen LogP contribution in [0, 0.1) is 6.92 Å². The summed E-state index contributed by atoms with van der Waals surface area (Å²) >= 11 is 1.35. The molecule has 1 aliphatic rings. The van der Waals surface area contributed by atoms with Gasteiger partial charge in [0, 0.05) is 29.2 Å². The number of aryl methyl sites for hydroxylation is 1. The first kappa shape index (κ1) is 28.6. The Hall–Kier alpha value is -4.49. The number of esters is 1. The molecule has 1 atom stereocenters. The van der Waals surface area contributed by atoms with Crippen LogP contribution in [0.4, 0.5) is 0 Å². The van der Waals surface area contributed by atoms with Gasteiger partial charge in [-0.05, 0) is 55.5 Å². The summed E-state index contributed by atoms with van der Waals surface area (Å²) in [6.45, 7) is 10.9. The highest BCUT2D eigenvalue weighted by Crippen LogP contribution is 2.32. The molecule has 5 aromatic rings. The Morgan fingerprint density at radius 2 is 1.74 bits per heavy atom. The van der Waals surface area contributed by atoms with Gasteiger partial charge in [0.05, 0.1) is 28.5 Å². The Labute approximate surface area is 254 Å². The summed E-state index contributed by atoms with van der Waals surface area (Å²) in [6, 6.07) is 24.3. The maximum Gasteiger partial charge on any atom is 0.338 e. The van der Waals surface area contributed by atoms with Crippen LogP contribution in [-0.2, 0) is 16.1 Å². The van der Waals surface area contributed by atoms with Crippen LogP contribution in [0.3, 0.4) is 0 Å². The average molecular weight is 590 g/mol. The zero-order valence-corrected chi connectivity index (χ0v) is 25.9. The summed E-state index contributed by atoms with van der Waals surface area (Å²) in [6.07, 6.45) is 4.07. The monoisotopic (exact) mass is 589 g/mol. The smallest absolute Gasteiger partial charge is 0.338 e. The second-order valence-corrected chi connectivity index (χ2v) is 12.3. The Kier molecular flexibility index (Phi) is 7.75. The van der Waals surface area contributed by atoms with Crippen LogP contribution in [-0.4, -0.2) is 21.7 Å². The van der Waals surface area contributed by atoms with Gasteiger partial charge >= 0.3 is 5.97 Å². The molecule has 43 heavy (non-hydrogen) atoms.